The fourth-order valence-electron chi connectivity index (χ4n) is 7.02. The summed E-state index contributed by atoms with van der Waals surface area (Å²) in [6.07, 6.45) is 10.3. The number of amides is 3. The van der Waals surface area contributed by atoms with Gasteiger partial charge in [0, 0.05) is 29.5 Å². The predicted octanol–water partition coefficient (Wildman–Crippen LogP) is 3.87. The van der Waals surface area contributed by atoms with Gasteiger partial charge in [0.15, 0.2) is 0 Å². The van der Waals surface area contributed by atoms with Crippen molar-refractivity contribution in [1.82, 2.24) is 19.9 Å². The molecule has 6 rings (SSSR count). The van der Waals surface area contributed by atoms with E-state index < -0.39 is 44.8 Å². The molecule has 11 nitrogen and oxygen atoms in total. The molecule has 3 fully saturated rings. The second-order valence-corrected chi connectivity index (χ2v) is 15.4. The van der Waals surface area contributed by atoms with Crippen molar-refractivity contribution in [2.24, 2.45) is 17.8 Å². The third kappa shape index (κ3) is 6.59. The number of hydrogen-bond acceptors (Lipinski definition) is 8. The highest BCUT2D eigenvalue weighted by Crippen LogP contribution is 2.46. The Balaban J connectivity index is 1.29. The first kappa shape index (κ1) is 32.3. The summed E-state index contributed by atoms with van der Waals surface area (Å²) in [5, 5.41) is 3.94. The summed E-state index contributed by atoms with van der Waals surface area (Å²) in [5.74, 6) is -0.131. The van der Waals surface area contributed by atoms with Crippen LogP contribution in [0, 0.1) is 17.8 Å². The molecule has 1 aromatic carbocycles. The van der Waals surface area contributed by atoms with Gasteiger partial charge >= 0.3 is 0 Å². The minimum atomic E-state index is -3.81. The monoisotopic (exact) mass is 652 g/mol. The third-order valence-electron chi connectivity index (χ3n) is 10.0. The minimum Gasteiger partial charge on any atom is -0.494 e. The van der Waals surface area contributed by atoms with Crippen molar-refractivity contribution in [3.63, 3.8) is 0 Å². The molecule has 2 aromatic rings. The first-order valence-corrected chi connectivity index (χ1v) is 18.0. The average molecular weight is 653 g/mol. The number of allylic oxidation sites excluding steroid dienone is 1. The van der Waals surface area contributed by atoms with Crippen LogP contribution in [0.2, 0.25) is 0 Å². The number of carbonyl (C=O) groups excluding carboxylic acids is 3. The lowest BCUT2D eigenvalue weighted by molar-refractivity contribution is -0.140. The van der Waals surface area contributed by atoms with Gasteiger partial charge in [-0.15, -0.1) is 0 Å². The number of fused-ring (bicyclic) bond motifs is 3. The number of ether oxygens (including phenoxy) is 2. The molecule has 6 atom stereocenters. The summed E-state index contributed by atoms with van der Waals surface area (Å²) >= 11 is 0. The zero-order chi connectivity index (χ0) is 32.6. The fraction of sp³-hybridized carbons (Fsp3) is 0.588. The molecule has 4 aliphatic rings. The second-order valence-electron chi connectivity index (χ2n) is 13.5. The first-order chi connectivity index (χ1) is 22.0. The Morgan fingerprint density at radius 3 is 2.63 bits per heavy atom. The molecular weight excluding hydrogens is 608 g/mol. The number of hydrogen-bond donors (Lipinski definition) is 2. The molecule has 2 aliphatic carbocycles. The van der Waals surface area contributed by atoms with Crippen LogP contribution in [-0.4, -0.2) is 72.6 Å². The quantitative estimate of drug-likeness (QED) is 0.429. The smallest absolute Gasteiger partial charge is 0.259 e. The molecule has 46 heavy (non-hydrogen) atoms. The van der Waals surface area contributed by atoms with Gasteiger partial charge in [-0.1, -0.05) is 50.6 Å². The Morgan fingerprint density at radius 1 is 1.15 bits per heavy atom. The van der Waals surface area contributed by atoms with E-state index in [0.29, 0.717) is 36.8 Å². The normalized spacial score (nSPS) is 31.1. The van der Waals surface area contributed by atoms with Crippen LogP contribution in [0.5, 0.6) is 11.6 Å². The number of methoxy groups -OCH3 is 1. The molecule has 2 saturated carbocycles. The highest BCUT2D eigenvalue weighted by molar-refractivity contribution is 7.91. The van der Waals surface area contributed by atoms with E-state index in [0.717, 1.165) is 36.5 Å². The van der Waals surface area contributed by atoms with Gasteiger partial charge in [0.1, 0.15) is 23.4 Å². The van der Waals surface area contributed by atoms with Gasteiger partial charge in [-0.2, -0.15) is 0 Å². The highest BCUT2D eigenvalue weighted by Gasteiger charge is 2.62. The molecule has 12 heteroatoms. The lowest BCUT2D eigenvalue weighted by Crippen LogP contribution is -2.56. The molecule has 2 N–H and O–H groups in total. The number of carbonyl (C=O) groups is 3. The zero-order valence-corrected chi connectivity index (χ0v) is 27.6. The third-order valence-corrected chi connectivity index (χ3v) is 11.9. The molecule has 0 radical (unpaired) electrons. The largest absolute Gasteiger partial charge is 0.494 e. The highest BCUT2D eigenvalue weighted by atomic mass is 32.2. The topological polar surface area (TPSA) is 144 Å². The standard InChI is InChI=1S/C34H44N4O7S/c1-4-22-15-21(2)9-5-6-10-23-18-34(23,33(41)37-46(42,43)25-13-14-25)36-31(40)28-17-24(20-38(28)30(39)16-22)45-32-27-12-8-7-11-26(27)29(44-3)19-35-32/h6-8,10-12,19,21-25,28H,4-5,9,13-18,20H2,1-3H3,(H,36,40)(H,37,41)/b10-6-/t21-,22+,23+,24+,28-,34+/m0/s1. The van der Waals surface area contributed by atoms with Crippen LogP contribution in [0.3, 0.4) is 0 Å². The Kier molecular flexibility index (Phi) is 9.02. The second kappa shape index (κ2) is 12.8. The lowest BCUT2D eigenvalue weighted by atomic mass is 9.88. The molecule has 1 saturated heterocycles. The molecule has 3 heterocycles. The number of pyridine rings is 1. The van der Waals surface area contributed by atoms with Gasteiger partial charge in [0.05, 0.1) is 25.1 Å². The molecule has 2 aliphatic heterocycles. The average Bonchev–Trinajstić information content (AvgIpc) is 3.96. The Hall–Kier alpha value is -3.67. The van der Waals surface area contributed by atoms with Crippen LogP contribution in [0.4, 0.5) is 0 Å². The summed E-state index contributed by atoms with van der Waals surface area (Å²) in [5.41, 5.74) is -1.39. The van der Waals surface area contributed by atoms with Gasteiger partial charge in [-0.25, -0.2) is 13.4 Å². The van der Waals surface area contributed by atoms with E-state index in [-0.39, 0.29) is 37.1 Å². The van der Waals surface area contributed by atoms with E-state index in [4.69, 9.17) is 9.47 Å². The van der Waals surface area contributed by atoms with Gasteiger partial charge in [-0.05, 0) is 56.4 Å². The number of nitrogens with one attached hydrogen (secondary N) is 2. The SMILES string of the molecule is CC[C@H]1CC(=O)N2C[C@H](Oc3ncc(OC)c4ccccc34)C[C@H]2C(=O)N[C@]2(C(=O)NS(=O)(=O)C3CC3)C[C@H]2/C=C\CC[C@H](C)C1. The van der Waals surface area contributed by atoms with E-state index in [2.05, 4.69) is 28.9 Å². The molecule has 248 valence electrons. The van der Waals surface area contributed by atoms with Gasteiger partial charge in [-0.3, -0.25) is 19.1 Å². The summed E-state index contributed by atoms with van der Waals surface area (Å²) < 4.78 is 39.5. The van der Waals surface area contributed by atoms with Crippen molar-refractivity contribution in [3.8, 4) is 11.6 Å². The molecular formula is C34H44N4O7S. The number of nitrogens with zero attached hydrogens (tertiary/aromatic N) is 2. The number of rotatable bonds is 7. The van der Waals surface area contributed by atoms with Gasteiger partial charge < -0.3 is 19.7 Å². The molecule has 0 spiro atoms. The van der Waals surface area contributed by atoms with E-state index in [1.807, 2.05) is 36.4 Å². The van der Waals surface area contributed by atoms with Crippen LogP contribution in [0.15, 0.2) is 42.6 Å². The molecule has 0 unspecified atom stereocenters. The predicted molar refractivity (Wildman–Crippen MR) is 172 cm³/mol. The van der Waals surface area contributed by atoms with E-state index in [9.17, 15) is 22.8 Å². The number of aromatic nitrogens is 1. The van der Waals surface area contributed by atoms with Crippen LogP contribution in [0.25, 0.3) is 10.8 Å². The Labute approximate surface area is 270 Å². The van der Waals surface area contributed by atoms with E-state index in [1.54, 1.807) is 18.2 Å². The van der Waals surface area contributed by atoms with Crippen molar-refractivity contribution in [2.75, 3.05) is 13.7 Å². The maximum absolute atomic E-state index is 14.1. The zero-order valence-electron chi connectivity index (χ0n) is 26.7. The molecule has 1 aromatic heterocycles. The van der Waals surface area contributed by atoms with Crippen molar-refractivity contribution in [3.05, 3.63) is 42.6 Å². The molecule has 3 amide bonds. The first-order valence-electron chi connectivity index (χ1n) is 16.5. The Morgan fingerprint density at radius 2 is 1.91 bits per heavy atom. The molecule has 0 bridgehead atoms. The Bertz CT molecular complexity index is 1640. The van der Waals surface area contributed by atoms with Crippen LogP contribution in [0.1, 0.15) is 71.6 Å². The summed E-state index contributed by atoms with van der Waals surface area (Å²) in [4.78, 5) is 47.6. The van der Waals surface area contributed by atoms with Crippen molar-refractivity contribution in [2.45, 2.75) is 94.6 Å². The van der Waals surface area contributed by atoms with Crippen molar-refractivity contribution < 1.29 is 32.3 Å². The van der Waals surface area contributed by atoms with Gasteiger partial charge in [0.2, 0.25) is 27.7 Å². The number of benzene rings is 1. The van der Waals surface area contributed by atoms with Crippen molar-refractivity contribution >= 4 is 38.5 Å². The van der Waals surface area contributed by atoms with Crippen molar-refractivity contribution in [1.29, 1.82) is 0 Å². The van der Waals surface area contributed by atoms with Gasteiger partial charge in [0.25, 0.3) is 5.91 Å². The maximum atomic E-state index is 14.1. The van der Waals surface area contributed by atoms with E-state index in [1.165, 1.54) is 0 Å². The van der Waals surface area contributed by atoms with Crippen LogP contribution >= 0.6 is 0 Å². The number of sulfonamides is 1. The summed E-state index contributed by atoms with van der Waals surface area (Å²) in [7, 11) is -2.24. The van der Waals surface area contributed by atoms with Crippen LogP contribution in [-0.2, 0) is 24.4 Å². The minimum absolute atomic E-state index is 0.131. The van der Waals surface area contributed by atoms with Crippen LogP contribution < -0.4 is 19.5 Å². The van der Waals surface area contributed by atoms with E-state index >= 15 is 0 Å². The summed E-state index contributed by atoms with van der Waals surface area (Å²) in [6.45, 7) is 4.46. The fourth-order valence-corrected chi connectivity index (χ4v) is 8.38. The maximum Gasteiger partial charge on any atom is 0.259 e. The lowest BCUT2D eigenvalue weighted by Gasteiger charge is -2.28. The summed E-state index contributed by atoms with van der Waals surface area (Å²) in [6, 6.07) is 6.69.